The molecule has 118 valence electrons. The van der Waals surface area contributed by atoms with E-state index in [9.17, 15) is 0 Å². The highest BCUT2D eigenvalue weighted by molar-refractivity contribution is 6.32. The second kappa shape index (κ2) is 7.37. The number of benzene rings is 1. The molecule has 2 unspecified atom stereocenters. The Morgan fingerprint density at radius 1 is 1.19 bits per heavy atom. The van der Waals surface area contributed by atoms with Crippen LogP contribution in [0.4, 0.5) is 0 Å². The Kier molecular flexibility index (Phi) is 5.77. The van der Waals surface area contributed by atoms with Crippen molar-refractivity contribution < 1.29 is 9.47 Å². The molecule has 0 heterocycles. The molecule has 0 aliphatic heterocycles. The van der Waals surface area contributed by atoms with Crippen LogP contribution < -0.4 is 14.8 Å². The van der Waals surface area contributed by atoms with Gasteiger partial charge in [0, 0.05) is 6.54 Å². The average Bonchev–Trinajstić information content (AvgIpc) is 2.40. The highest BCUT2D eigenvalue weighted by Gasteiger charge is 2.27. The van der Waals surface area contributed by atoms with E-state index in [0.29, 0.717) is 22.6 Å². The van der Waals surface area contributed by atoms with Gasteiger partial charge < -0.3 is 14.8 Å². The van der Waals surface area contributed by atoms with Crippen LogP contribution in [0.2, 0.25) is 5.02 Å². The van der Waals surface area contributed by atoms with Gasteiger partial charge in [-0.05, 0) is 55.8 Å². The lowest BCUT2D eigenvalue weighted by Crippen LogP contribution is -2.28. The summed E-state index contributed by atoms with van der Waals surface area (Å²) in [6, 6.07) is 3.94. The maximum absolute atomic E-state index is 6.41. The number of hydrogen-bond acceptors (Lipinski definition) is 3. The first-order valence-electron chi connectivity index (χ1n) is 7.71. The second-order valence-corrected chi connectivity index (χ2v) is 6.70. The molecule has 1 aliphatic carbocycles. The number of nitrogens with one attached hydrogen (secondary N) is 1. The Balaban J connectivity index is 2.18. The summed E-state index contributed by atoms with van der Waals surface area (Å²) in [6.07, 6.45) is 3.68. The van der Waals surface area contributed by atoms with Crippen molar-refractivity contribution in [1.82, 2.24) is 5.32 Å². The zero-order valence-corrected chi connectivity index (χ0v) is 14.2. The predicted octanol–water partition coefficient (Wildman–Crippen LogP) is 4.27. The number of ether oxygens (including phenoxy) is 2. The van der Waals surface area contributed by atoms with Crippen molar-refractivity contribution in [3.63, 3.8) is 0 Å². The van der Waals surface area contributed by atoms with E-state index in [-0.39, 0.29) is 6.10 Å². The molecule has 0 bridgehead atoms. The molecule has 21 heavy (non-hydrogen) atoms. The molecular weight excluding hydrogens is 286 g/mol. The third-order valence-electron chi connectivity index (χ3n) is 4.09. The lowest BCUT2D eigenvalue weighted by molar-refractivity contribution is 0.0980. The molecule has 0 amide bonds. The van der Waals surface area contributed by atoms with Gasteiger partial charge >= 0.3 is 0 Å². The van der Waals surface area contributed by atoms with Crippen molar-refractivity contribution in [2.45, 2.75) is 45.8 Å². The summed E-state index contributed by atoms with van der Waals surface area (Å²) in [7, 11) is 3.57. The summed E-state index contributed by atoms with van der Waals surface area (Å²) in [6.45, 7) is 5.34. The van der Waals surface area contributed by atoms with E-state index in [0.717, 1.165) is 30.7 Å². The summed E-state index contributed by atoms with van der Waals surface area (Å²) in [4.78, 5) is 0. The first kappa shape index (κ1) is 16.4. The fraction of sp³-hybridized carbons (Fsp3) is 0.647. The average molecular weight is 312 g/mol. The summed E-state index contributed by atoms with van der Waals surface area (Å²) < 4.78 is 11.7. The summed E-state index contributed by atoms with van der Waals surface area (Å²) in [5.74, 6) is 2.81. The van der Waals surface area contributed by atoms with Crippen LogP contribution in [0, 0.1) is 11.8 Å². The summed E-state index contributed by atoms with van der Waals surface area (Å²) >= 11 is 6.41. The number of rotatable bonds is 5. The molecule has 1 aromatic rings. The van der Waals surface area contributed by atoms with E-state index >= 15 is 0 Å². The van der Waals surface area contributed by atoms with E-state index in [2.05, 4.69) is 19.2 Å². The molecule has 0 saturated heterocycles. The van der Waals surface area contributed by atoms with Crippen LogP contribution in [0.5, 0.6) is 11.5 Å². The van der Waals surface area contributed by atoms with Gasteiger partial charge in [0.2, 0.25) is 0 Å². The van der Waals surface area contributed by atoms with E-state index in [1.807, 2.05) is 19.2 Å². The van der Waals surface area contributed by atoms with Gasteiger partial charge in [0.05, 0.1) is 18.2 Å². The molecule has 0 aromatic heterocycles. The molecule has 3 nitrogen and oxygen atoms in total. The van der Waals surface area contributed by atoms with E-state index in [4.69, 9.17) is 21.1 Å². The zero-order chi connectivity index (χ0) is 15.4. The van der Waals surface area contributed by atoms with Crippen molar-refractivity contribution >= 4 is 11.6 Å². The fourth-order valence-electron chi connectivity index (χ4n) is 3.33. The van der Waals surface area contributed by atoms with Crippen LogP contribution in [0.1, 0.15) is 38.7 Å². The Labute approximate surface area is 133 Å². The first-order chi connectivity index (χ1) is 10.0. The Morgan fingerprint density at radius 2 is 1.86 bits per heavy atom. The van der Waals surface area contributed by atoms with Crippen molar-refractivity contribution in [3.05, 3.63) is 22.7 Å². The van der Waals surface area contributed by atoms with Crippen molar-refractivity contribution in [2.75, 3.05) is 14.2 Å². The fourth-order valence-corrected chi connectivity index (χ4v) is 3.61. The Bertz CT molecular complexity index is 468. The SMILES string of the molecule is CNCc1cc(Cl)c(OC2CC(C)CC(C)C2)c(OC)c1. The van der Waals surface area contributed by atoms with Gasteiger partial charge in [0.1, 0.15) is 0 Å². The summed E-state index contributed by atoms with van der Waals surface area (Å²) in [5, 5.41) is 3.75. The van der Waals surface area contributed by atoms with Crippen molar-refractivity contribution in [2.24, 2.45) is 11.8 Å². The first-order valence-corrected chi connectivity index (χ1v) is 8.09. The second-order valence-electron chi connectivity index (χ2n) is 6.30. The summed E-state index contributed by atoms with van der Waals surface area (Å²) in [5.41, 5.74) is 1.09. The quantitative estimate of drug-likeness (QED) is 0.881. The topological polar surface area (TPSA) is 30.5 Å². The molecule has 2 atom stereocenters. The van der Waals surface area contributed by atoms with Crippen LogP contribution in [0.25, 0.3) is 0 Å². The molecule has 4 heteroatoms. The van der Waals surface area contributed by atoms with Crippen LogP contribution in [0.15, 0.2) is 12.1 Å². The lowest BCUT2D eigenvalue weighted by atomic mass is 9.82. The van der Waals surface area contributed by atoms with E-state index in [1.54, 1.807) is 7.11 Å². The number of methoxy groups -OCH3 is 1. The van der Waals surface area contributed by atoms with Gasteiger partial charge in [0.25, 0.3) is 0 Å². The molecule has 0 radical (unpaired) electrons. The van der Waals surface area contributed by atoms with Gasteiger partial charge in [-0.3, -0.25) is 0 Å². The lowest BCUT2D eigenvalue weighted by Gasteiger charge is -2.32. The van der Waals surface area contributed by atoms with Crippen LogP contribution >= 0.6 is 11.6 Å². The number of halogens is 1. The van der Waals surface area contributed by atoms with Gasteiger partial charge in [-0.2, -0.15) is 0 Å². The van der Waals surface area contributed by atoms with Crippen molar-refractivity contribution in [1.29, 1.82) is 0 Å². The molecule has 1 aliphatic rings. The molecule has 1 saturated carbocycles. The maximum Gasteiger partial charge on any atom is 0.180 e. The zero-order valence-electron chi connectivity index (χ0n) is 13.4. The van der Waals surface area contributed by atoms with Crippen LogP contribution in [0.3, 0.4) is 0 Å². The van der Waals surface area contributed by atoms with Gasteiger partial charge in [0.15, 0.2) is 11.5 Å². The van der Waals surface area contributed by atoms with E-state index in [1.165, 1.54) is 6.42 Å². The molecular formula is C17H26ClNO2. The Hall–Kier alpha value is -0.930. The number of hydrogen-bond donors (Lipinski definition) is 1. The monoisotopic (exact) mass is 311 g/mol. The smallest absolute Gasteiger partial charge is 0.180 e. The Morgan fingerprint density at radius 3 is 2.43 bits per heavy atom. The van der Waals surface area contributed by atoms with E-state index < -0.39 is 0 Å². The highest BCUT2D eigenvalue weighted by atomic mass is 35.5. The van der Waals surface area contributed by atoms with Gasteiger partial charge in [-0.15, -0.1) is 0 Å². The normalized spacial score (nSPS) is 25.7. The van der Waals surface area contributed by atoms with Crippen LogP contribution in [-0.2, 0) is 6.54 Å². The minimum absolute atomic E-state index is 0.227. The third-order valence-corrected chi connectivity index (χ3v) is 4.37. The van der Waals surface area contributed by atoms with Crippen LogP contribution in [-0.4, -0.2) is 20.3 Å². The van der Waals surface area contributed by atoms with Gasteiger partial charge in [-0.25, -0.2) is 0 Å². The minimum atomic E-state index is 0.227. The molecule has 0 spiro atoms. The molecule has 1 aromatic carbocycles. The van der Waals surface area contributed by atoms with Crippen molar-refractivity contribution in [3.8, 4) is 11.5 Å². The maximum atomic E-state index is 6.41. The molecule has 2 rings (SSSR count). The highest BCUT2D eigenvalue weighted by Crippen LogP contribution is 2.40. The largest absolute Gasteiger partial charge is 0.493 e. The van der Waals surface area contributed by atoms with Gasteiger partial charge in [-0.1, -0.05) is 25.4 Å². The standard InChI is InChI=1S/C17H26ClNO2/c1-11-5-12(2)7-14(6-11)21-17-15(18)8-13(10-19-3)9-16(17)20-4/h8-9,11-12,14,19H,5-7,10H2,1-4H3. The predicted molar refractivity (Wildman–Crippen MR) is 87.4 cm³/mol. The molecule has 1 fully saturated rings. The molecule has 1 N–H and O–H groups in total. The third kappa shape index (κ3) is 4.27. The minimum Gasteiger partial charge on any atom is -0.493 e.